The number of aryl methyl sites for hydroxylation is 2. The number of sulfonamides is 1. The zero-order valence-electron chi connectivity index (χ0n) is 17.3. The number of carbonyl (C=O) groups excluding carboxylic acids is 1. The molecule has 1 atom stereocenters. The van der Waals surface area contributed by atoms with Gasteiger partial charge in [0.1, 0.15) is 5.75 Å². The monoisotopic (exact) mass is 418 g/mol. The quantitative estimate of drug-likeness (QED) is 0.587. The fraction of sp³-hybridized carbons (Fsp3) is 0.409. The lowest BCUT2D eigenvalue weighted by molar-refractivity contribution is -0.123. The summed E-state index contributed by atoms with van der Waals surface area (Å²) in [7, 11) is -3.52. The number of hydrogen-bond acceptors (Lipinski definition) is 4. The highest BCUT2D eigenvalue weighted by Gasteiger charge is 2.15. The van der Waals surface area contributed by atoms with Crippen LogP contribution in [0.2, 0.25) is 0 Å². The first-order valence-corrected chi connectivity index (χ1v) is 11.4. The van der Waals surface area contributed by atoms with Gasteiger partial charge in [0.05, 0.1) is 4.90 Å². The van der Waals surface area contributed by atoms with Gasteiger partial charge in [0.15, 0.2) is 6.61 Å². The average Bonchev–Trinajstić information content (AvgIpc) is 2.70. The fourth-order valence-corrected chi connectivity index (χ4v) is 4.05. The molecule has 0 heterocycles. The van der Waals surface area contributed by atoms with E-state index in [1.54, 1.807) is 19.1 Å². The molecule has 6 nitrogen and oxygen atoms in total. The molecule has 0 aliphatic carbocycles. The van der Waals surface area contributed by atoms with Crippen LogP contribution in [0.4, 0.5) is 0 Å². The summed E-state index contributed by atoms with van der Waals surface area (Å²) >= 11 is 0. The van der Waals surface area contributed by atoms with Crippen LogP contribution in [0.1, 0.15) is 37.8 Å². The lowest BCUT2D eigenvalue weighted by atomic mass is 10.1. The van der Waals surface area contributed by atoms with E-state index < -0.39 is 10.0 Å². The maximum absolute atomic E-state index is 12.2. The molecule has 2 aromatic rings. The Labute approximate surface area is 173 Å². The van der Waals surface area contributed by atoms with Crippen molar-refractivity contribution in [2.75, 3.05) is 13.2 Å². The Morgan fingerprint density at radius 3 is 2.52 bits per heavy atom. The Morgan fingerprint density at radius 1 is 1.14 bits per heavy atom. The second kappa shape index (κ2) is 11.0. The second-order valence-corrected chi connectivity index (χ2v) is 8.87. The van der Waals surface area contributed by atoms with Crippen molar-refractivity contribution in [2.24, 2.45) is 0 Å². The van der Waals surface area contributed by atoms with Gasteiger partial charge in [0.25, 0.3) is 5.91 Å². The molecule has 0 aliphatic heterocycles. The van der Waals surface area contributed by atoms with E-state index in [0.717, 1.165) is 19.3 Å². The van der Waals surface area contributed by atoms with Gasteiger partial charge in [-0.3, -0.25) is 4.79 Å². The number of hydrogen-bond donors (Lipinski definition) is 2. The van der Waals surface area contributed by atoms with Crippen molar-refractivity contribution in [1.29, 1.82) is 0 Å². The van der Waals surface area contributed by atoms with Crippen LogP contribution in [-0.4, -0.2) is 33.5 Å². The van der Waals surface area contributed by atoms with E-state index in [0.29, 0.717) is 17.9 Å². The Kier molecular flexibility index (Phi) is 8.67. The highest BCUT2D eigenvalue weighted by Crippen LogP contribution is 2.21. The number of nitrogens with one attached hydrogen (secondary N) is 2. The fourth-order valence-electron chi connectivity index (χ4n) is 2.83. The summed E-state index contributed by atoms with van der Waals surface area (Å²) in [6, 6.07) is 14.8. The van der Waals surface area contributed by atoms with E-state index >= 15 is 0 Å². The van der Waals surface area contributed by atoms with Gasteiger partial charge in [-0.2, -0.15) is 0 Å². The van der Waals surface area contributed by atoms with Gasteiger partial charge in [-0.15, -0.1) is 0 Å². The minimum Gasteiger partial charge on any atom is -0.484 e. The molecule has 2 aromatic carbocycles. The third-order valence-corrected chi connectivity index (χ3v) is 5.93. The van der Waals surface area contributed by atoms with Crippen LogP contribution < -0.4 is 14.8 Å². The number of rotatable bonds is 11. The standard InChI is InChI=1S/C22H30N2O4S/c1-4-14-23-29(26,27)20-12-13-21(17(2)15-20)28-16-22(25)24-18(3)10-11-19-8-6-5-7-9-19/h5-9,12-13,15,18,23H,4,10-11,14,16H2,1-3H3,(H,24,25)/t18-/m0/s1. The SMILES string of the molecule is CCCNS(=O)(=O)c1ccc(OCC(=O)N[C@@H](C)CCc2ccccc2)c(C)c1. The summed E-state index contributed by atoms with van der Waals surface area (Å²) in [5.74, 6) is 0.290. The minimum atomic E-state index is -3.52. The van der Waals surface area contributed by atoms with Crippen LogP contribution in [0.3, 0.4) is 0 Å². The predicted molar refractivity (Wildman–Crippen MR) is 115 cm³/mol. The topological polar surface area (TPSA) is 84.5 Å². The number of ether oxygens (including phenoxy) is 1. The molecule has 0 radical (unpaired) electrons. The number of benzene rings is 2. The molecule has 0 saturated carbocycles. The highest BCUT2D eigenvalue weighted by atomic mass is 32.2. The van der Waals surface area contributed by atoms with E-state index in [2.05, 4.69) is 22.2 Å². The number of amides is 1. The molecule has 1 amide bonds. The number of carbonyl (C=O) groups is 1. The third kappa shape index (κ3) is 7.51. The minimum absolute atomic E-state index is 0.0320. The second-order valence-electron chi connectivity index (χ2n) is 7.11. The molecule has 2 N–H and O–H groups in total. The van der Waals surface area contributed by atoms with Gasteiger partial charge in [-0.1, -0.05) is 37.3 Å². The molecular formula is C22H30N2O4S. The Bertz CT molecular complexity index is 898. The van der Waals surface area contributed by atoms with Gasteiger partial charge in [-0.05, 0) is 62.4 Å². The zero-order valence-corrected chi connectivity index (χ0v) is 18.1. The van der Waals surface area contributed by atoms with Crippen LogP contribution in [0.5, 0.6) is 5.75 Å². The van der Waals surface area contributed by atoms with Crippen molar-refractivity contribution < 1.29 is 17.9 Å². The first-order valence-electron chi connectivity index (χ1n) is 9.88. The molecule has 158 valence electrons. The molecule has 2 rings (SSSR count). The van der Waals surface area contributed by atoms with Gasteiger partial charge < -0.3 is 10.1 Å². The van der Waals surface area contributed by atoms with Crippen LogP contribution in [0, 0.1) is 6.92 Å². The Morgan fingerprint density at radius 2 is 1.86 bits per heavy atom. The maximum atomic E-state index is 12.2. The molecule has 0 aliphatic rings. The maximum Gasteiger partial charge on any atom is 0.258 e. The molecule has 0 fully saturated rings. The summed E-state index contributed by atoms with van der Waals surface area (Å²) in [6.45, 7) is 5.90. The van der Waals surface area contributed by atoms with Gasteiger partial charge in [0.2, 0.25) is 10.0 Å². The highest BCUT2D eigenvalue weighted by molar-refractivity contribution is 7.89. The van der Waals surface area contributed by atoms with Crippen LogP contribution >= 0.6 is 0 Å². The summed E-state index contributed by atoms with van der Waals surface area (Å²) in [5.41, 5.74) is 1.90. The summed E-state index contributed by atoms with van der Waals surface area (Å²) in [6.07, 6.45) is 2.45. The van der Waals surface area contributed by atoms with E-state index in [1.165, 1.54) is 11.6 Å². The summed E-state index contributed by atoms with van der Waals surface area (Å²) in [5, 5.41) is 2.93. The van der Waals surface area contributed by atoms with E-state index in [9.17, 15) is 13.2 Å². The van der Waals surface area contributed by atoms with E-state index in [1.807, 2.05) is 32.0 Å². The predicted octanol–water partition coefficient (Wildman–Crippen LogP) is 3.20. The van der Waals surface area contributed by atoms with Gasteiger partial charge in [-0.25, -0.2) is 13.1 Å². The van der Waals surface area contributed by atoms with Crippen LogP contribution in [-0.2, 0) is 21.2 Å². The molecule has 0 aromatic heterocycles. The van der Waals surface area contributed by atoms with Gasteiger partial charge >= 0.3 is 0 Å². The molecule has 0 bridgehead atoms. The Hall–Kier alpha value is -2.38. The molecule has 7 heteroatoms. The molecule has 0 unspecified atom stereocenters. The molecule has 0 spiro atoms. The summed E-state index contributed by atoms with van der Waals surface area (Å²) < 4.78 is 32.5. The molecule has 0 saturated heterocycles. The first-order chi connectivity index (χ1) is 13.8. The first kappa shape index (κ1) is 22.9. The van der Waals surface area contributed by atoms with Crippen LogP contribution in [0.25, 0.3) is 0 Å². The third-order valence-electron chi connectivity index (χ3n) is 4.47. The lowest BCUT2D eigenvalue weighted by Crippen LogP contribution is -2.36. The molecule has 29 heavy (non-hydrogen) atoms. The normalized spacial score (nSPS) is 12.4. The molecular weight excluding hydrogens is 388 g/mol. The average molecular weight is 419 g/mol. The largest absolute Gasteiger partial charge is 0.484 e. The van der Waals surface area contributed by atoms with E-state index in [4.69, 9.17) is 4.74 Å². The Balaban J connectivity index is 1.83. The van der Waals surface area contributed by atoms with E-state index in [-0.39, 0.29) is 23.5 Å². The van der Waals surface area contributed by atoms with Crippen molar-refractivity contribution >= 4 is 15.9 Å². The van der Waals surface area contributed by atoms with Crippen molar-refractivity contribution in [3.63, 3.8) is 0 Å². The van der Waals surface area contributed by atoms with Crippen molar-refractivity contribution in [3.8, 4) is 5.75 Å². The van der Waals surface area contributed by atoms with Crippen LogP contribution in [0.15, 0.2) is 53.4 Å². The van der Waals surface area contributed by atoms with Crippen molar-refractivity contribution in [1.82, 2.24) is 10.0 Å². The summed E-state index contributed by atoms with van der Waals surface area (Å²) in [4.78, 5) is 12.3. The van der Waals surface area contributed by atoms with Crippen molar-refractivity contribution in [3.05, 3.63) is 59.7 Å². The van der Waals surface area contributed by atoms with Gasteiger partial charge in [0, 0.05) is 12.6 Å². The lowest BCUT2D eigenvalue weighted by Gasteiger charge is -2.15. The smallest absolute Gasteiger partial charge is 0.258 e. The zero-order chi connectivity index (χ0) is 21.3. The van der Waals surface area contributed by atoms with Crippen molar-refractivity contribution in [2.45, 2.75) is 51.0 Å².